The summed E-state index contributed by atoms with van der Waals surface area (Å²) in [6.45, 7) is 1.79. The van der Waals surface area contributed by atoms with Crippen LogP contribution in [0.3, 0.4) is 0 Å². The highest BCUT2D eigenvalue weighted by Crippen LogP contribution is 2.13. The van der Waals surface area contributed by atoms with E-state index in [4.69, 9.17) is 0 Å². The normalized spacial score (nSPS) is 10.6. The molecular formula is C15H17N5. The van der Waals surface area contributed by atoms with E-state index in [-0.39, 0.29) is 0 Å². The number of hydrogen-bond acceptors (Lipinski definition) is 4. The number of H-pyrrole nitrogens is 1. The summed E-state index contributed by atoms with van der Waals surface area (Å²) in [4.78, 5) is 11.7. The lowest BCUT2D eigenvalue weighted by Gasteiger charge is -2.07. The smallest absolute Gasteiger partial charge is 0.139 e. The summed E-state index contributed by atoms with van der Waals surface area (Å²) < 4.78 is 0. The van der Waals surface area contributed by atoms with E-state index in [1.807, 2.05) is 36.7 Å². The quantitative estimate of drug-likeness (QED) is 0.601. The van der Waals surface area contributed by atoms with E-state index in [0.717, 1.165) is 42.0 Å². The van der Waals surface area contributed by atoms with Gasteiger partial charge in [0.05, 0.1) is 5.69 Å². The summed E-state index contributed by atoms with van der Waals surface area (Å²) >= 11 is 0. The summed E-state index contributed by atoms with van der Waals surface area (Å²) in [5.41, 5.74) is 1.97. The Balaban J connectivity index is 1.43. The zero-order chi connectivity index (χ0) is 13.6. The van der Waals surface area contributed by atoms with E-state index in [1.165, 1.54) is 0 Å². The molecule has 102 valence electrons. The van der Waals surface area contributed by atoms with Crippen molar-refractivity contribution >= 4 is 22.5 Å². The van der Waals surface area contributed by atoms with Crippen LogP contribution in [0.1, 0.15) is 6.42 Å². The Labute approximate surface area is 117 Å². The van der Waals surface area contributed by atoms with Gasteiger partial charge < -0.3 is 15.6 Å². The highest BCUT2D eigenvalue weighted by Gasteiger charge is 1.98. The molecule has 0 amide bonds. The van der Waals surface area contributed by atoms with Crippen molar-refractivity contribution in [3.63, 3.8) is 0 Å². The van der Waals surface area contributed by atoms with Crippen LogP contribution in [0.2, 0.25) is 0 Å². The van der Waals surface area contributed by atoms with Gasteiger partial charge in [-0.3, -0.25) is 4.98 Å². The average molecular weight is 267 g/mol. The lowest BCUT2D eigenvalue weighted by Crippen LogP contribution is -2.09. The summed E-state index contributed by atoms with van der Waals surface area (Å²) in [6, 6.07) is 10.0. The van der Waals surface area contributed by atoms with Crippen molar-refractivity contribution in [2.45, 2.75) is 6.42 Å². The Morgan fingerprint density at radius 3 is 2.90 bits per heavy atom. The fourth-order valence-electron chi connectivity index (χ4n) is 2.03. The van der Waals surface area contributed by atoms with Crippen LogP contribution in [-0.2, 0) is 0 Å². The molecular weight excluding hydrogens is 250 g/mol. The lowest BCUT2D eigenvalue weighted by molar-refractivity contribution is 0.904. The maximum Gasteiger partial charge on any atom is 0.139 e. The van der Waals surface area contributed by atoms with Crippen LogP contribution in [0.25, 0.3) is 11.0 Å². The van der Waals surface area contributed by atoms with Gasteiger partial charge in [-0.05, 0) is 36.8 Å². The standard InChI is InChI=1S/C15H17N5/c1-3-13(11-16-7-1)17-8-2-9-18-14-5-4-12-6-10-19-15(12)20-14/h1,3-7,10-11,17H,2,8-9H2,(H2,18,19,20). The van der Waals surface area contributed by atoms with Gasteiger partial charge in [0.25, 0.3) is 0 Å². The van der Waals surface area contributed by atoms with Gasteiger partial charge in [0.1, 0.15) is 11.5 Å². The van der Waals surface area contributed by atoms with Crippen molar-refractivity contribution in [1.29, 1.82) is 0 Å². The molecule has 3 rings (SSSR count). The molecule has 0 aliphatic rings. The zero-order valence-corrected chi connectivity index (χ0v) is 11.1. The third-order valence-corrected chi connectivity index (χ3v) is 3.06. The minimum atomic E-state index is 0.881. The molecule has 0 fully saturated rings. The van der Waals surface area contributed by atoms with Crippen LogP contribution in [0.5, 0.6) is 0 Å². The second-order valence-electron chi connectivity index (χ2n) is 4.56. The van der Waals surface area contributed by atoms with Crippen molar-refractivity contribution in [1.82, 2.24) is 15.0 Å². The molecule has 0 radical (unpaired) electrons. The Kier molecular flexibility index (Phi) is 3.78. The van der Waals surface area contributed by atoms with E-state index in [0.29, 0.717) is 0 Å². The first-order chi connectivity index (χ1) is 9.92. The number of nitrogens with one attached hydrogen (secondary N) is 3. The summed E-state index contributed by atoms with van der Waals surface area (Å²) in [5.74, 6) is 0.904. The first-order valence-electron chi connectivity index (χ1n) is 6.74. The van der Waals surface area contributed by atoms with Gasteiger partial charge in [-0.2, -0.15) is 0 Å². The molecule has 0 spiro atoms. The second-order valence-corrected chi connectivity index (χ2v) is 4.56. The molecule has 20 heavy (non-hydrogen) atoms. The van der Waals surface area contributed by atoms with E-state index < -0.39 is 0 Å². The van der Waals surface area contributed by atoms with Crippen LogP contribution in [0, 0.1) is 0 Å². The highest BCUT2D eigenvalue weighted by atomic mass is 15.0. The molecule has 0 saturated carbocycles. The molecule has 5 heteroatoms. The fourth-order valence-corrected chi connectivity index (χ4v) is 2.03. The molecule has 0 aliphatic carbocycles. The van der Waals surface area contributed by atoms with Crippen molar-refractivity contribution in [3.05, 3.63) is 48.9 Å². The monoisotopic (exact) mass is 267 g/mol. The fraction of sp³-hybridized carbons (Fsp3) is 0.200. The minimum absolute atomic E-state index is 0.881. The SMILES string of the molecule is c1cncc(NCCCNc2ccc3cc[nH]c3n2)c1. The summed E-state index contributed by atoms with van der Waals surface area (Å²) in [6.07, 6.45) is 6.52. The molecule has 0 aliphatic heterocycles. The Morgan fingerprint density at radius 2 is 2.00 bits per heavy atom. The lowest BCUT2D eigenvalue weighted by atomic mass is 10.3. The van der Waals surface area contributed by atoms with Gasteiger partial charge in [-0.15, -0.1) is 0 Å². The molecule has 3 heterocycles. The highest BCUT2D eigenvalue weighted by molar-refractivity contribution is 5.77. The molecule has 0 saturated heterocycles. The van der Waals surface area contributed by atoms with Gasteiger partial charge in [0.15, 0.2) is 0 Å². The van der Waals surface area contributed by atoms with Gasteiger partial charge >= 0.3 is 0 Å². The van der Waals surface area contributed by atoms with Crippen molar-refractivity contribution in [2.24, 2.45) is 0 Å². The average Bonchev–Trinajstić information content (AvgIpc) is 2.95. The first kappa shape index (κ1) is 12.5. The molecule has 0 unspecified atom stereocenters. The minimum Gasteiger partial charge on any atom is -0.384 e. The van der Waals surface area contributed by atoms with E-state index in [2.05, 4.69) is 31.7 Å². The number of hydrogen-bond donors (Lipinski definition) is 3. The van der Waals surface area contributed by atoms with E-state index in [1.54, 1.807) is 6.20 Å². The third kappa shape index (κ3) is 3.06. The number of aromatic nitrogens is 3. The largest absolute Gasteiger partial charge is 0.384 e. The Morgan fingerprint density at radius 1 is 1.05 bits per heavy atom. The predicted octanol–water partition coefficient (Wildman–Crippen LogP) is 2.87. The van der Waals surface area contributed by atoms with Crippen molar-refractivity contribution < 1.29 is 0 Å². The first-order valence-corrected chi connectivity index (χ1v) is 6.74. The van der Waals surface area contributed by atoms with Gasteiger partial charge in [-0.25, -0.2) is 4.98 Å². The number of pyridine rings is 2. The van der Waals surface area contributed by atoms with E-state index >= 15 is 0 Å². The van der Waals surface area contributed by atoms with Gasteiger partial charge in [0, 0.05) is 37.1 Å². The number of fused-ring (bicyclic) bond motifs is 1. The number of nitrogens with zero attached hydrogens (tertiary/aromatic N) is 2. The van der Waals surface area contributed by atoms with Crippen LogP contribution in [-0.4, -0.2) is 28.0 Å². The van der Waals surface area contributed by atoms with Crippen LogP contribution in [0.4, 0.5) is 11.5 Å². The predicted molar refractivity (Wildman–Crippen MR) is 81.9 cm³/mol. The molecule has 5 nitrogen and oxygen atoms in total. The van der Waals surface area contributed by atoms with Crippen molar-refractivity contribution in [2.75, 3.05) is 23.7 Å². The van der Waals surface area contributed by atoms with Crippen LogP contribution < -0.4 is 10.6 Å². The topological polar surface area (TPSA) is 65.6 Å². The summed E-state index contributed by atoms with van der Waals surface area (Å²) in [7, 11) is 0. The Hall–Kier alpha value is -2.56. The molecule has 3 N–H and O–H groups in total. The third-order valence-electron chi connectivity index (χ3n) is 3.06. The maximum absolute atomic E-state index is 4.49. The Bertz CT molecular complexity index is 662. The molecule has 3 aromatic heterocycles. The second kappa shape index (κ2) is 6.06. The van der Waals surface area contributed by atoms with Gasteiger partial charge in [-0.1, -0.05) is 0 Å². The van der Waals surface area contributed by atoms with Gasteiger partial charge in [0.2, 0.25) is 0 Å². The molecule has 3 aromatic rings. The van der Waals surface area contributed by atoms with Crippen molar-refractivity contribution in [3.8, 4) is 0 Å². The van der Waals surface area contributed by atoms with E-state index in [9.17, 15) is 0 Å². The maximum atomic E-state index is 4.49. The number of rotatable bonds is 6. The van der Waals surface area contributed by atoms with Crippen LogP contribution in [0.15, 0.2) is 48.9 Å². The summed E-state index contributed by atoms with van der Waals surface area (Å²) in [5, 5.41) is 7.79. The number of aromatic amines is 1. The molecule has 0 atom stereocenters. The zero-order valence-electron chi connectivity index (χ0n) is 11.1. The van der Waals surface area contributed by atoms with Crippen LogP contribution >= 0.6 is 0 Å². The molecule has 0 aromatic carbocycles. The molecule has 0 bridgehead atoms. The number of anilines is 2.